The van der Waals surface area contributed by atoms with E-state index in [1.165, 1.54) is 0 Å². The zero-order valence-corrected chi connectivity index (χ0v) is 13.3. The monoisotopic (exact) mass is 374 g/mol. The Morgan fingerprint density at radius 2 is 1.85 bits per heavy atom. The lowest BCUT2D eigenvalue weighted by molar-refractivity contribution is -0.166. The molecule has 0 radical (unpaired) electrons. The number of carboxylic acid groups (broad SMARTS) is 1. The molecule has 4 atom stereocenters. The fourth-order valence-corrected chi connectivity index (χ4v) is 2.30. The van der Waals surface area contributed by atoms with Crippen molar-refractivity contribution in [3.8, 4) is 0 Å². The Balaban J connectivity index is 2.34. The molecule has 1 aliphatic rings. The van der Waals surface area contributed by atoms with Crippen LogP contribution in [-0.4, -0.2) is 68.7 Å². The molecular weight excluding hydrogens is 354 g/mol. The number of rotatable bonds is 6. The molecule has 0 spiro atoms. The van der Waals surface area contributed by atoms with Gasteiger partial charge in [-0.2, -0.15) is 0 Å². The minimum atomic E-state index is -1.43. The van der Waals surface area contributed by atoms with Crippen LogP contribution in [0.3, 0.4) is 0 Å². The van der Waals surface area contributed by atoms with Crippen molar-refractivity contribution in [2.45, 2.75) is 45.2 Å². The van der Waals surface area contributed by atoms with Gasteiger partial charge < -0.3 is 24.1 Å². The summed E-state index contributed by atoms with van der Waals surface area (Å²) in [7, 11) is 0. The van der Waals surface area contributed by atoms with Crippen LogP contribution in [0.5, 0.6) is 0 Å². The molecule has 1 unspecified atom stereocenters. The van der Waals surface area contributed by atoms with Crippen molar-refractivity contribution in [3.63, 3.8) is 0 Å². The second-order valence-corrected chi connectivity index (χ2v) is 5.01. The molecule has 142 valence electrons. The van der Waals surface area contributed by atoms with E-state index in [1.54, 1.807) is 0 Å². The summed E-state index contributed by atoms with van der Waals surface area (Å²) in [5.74, 6) is -4.90. The van der Waals surface area contributed by atoms with Gasteiger partial charge in [0.1, 0.15) is 19.0 Å². The van der Waals surface area contributed by atoms with Gasteiger partial charge in [0.15, 0.2) is 18.4 Å². The summed E-state index contributed by atoms with van der Waals surface area (Å²) in [6.45, 7) is -2.68. The van der Waals surface area contributed by atoms with Gasteiger partial charge in [0.2, 0.25) is 0 Å². The Morgan fingerprint density at radius 1 is 1.19 bits per heavy atom. The van der Waals surface area contributed by atoms with E-state index < -0.39 is 81.5 Å². The molecule has 1 N–H and O–H groups in total. The standard InChI is InChI=1S/C14H17N3O9/c1-6(18)23-4-9-10(24-7(2)19)11(25-8(3)20)13(26-9)17-5-15-12(16-17)14(21)22/h5,9-11,13H,4H2,1-3H3,(H,21,22)/t9-,10-,11-,13?/m1/s1/i1D,2D,3D. The van der Waals surface area contributed by atoms with Crippen LogP contribution in [-0.2, 0) is 33.3 Å². The minimum Gasteiger partial charge on any atom is -0.475 e. The average molecular weight is 374 g/mol. The highest BCUT2D eigenvalue weighted by Gasteiger charge is 2.51. The first-order valence-electron chi connectivity index (χ1n) is 9.15. The Bertz CT molecular complexity index is 775. The molecule has 1 fully saturated rings. The SMILES string of the molecule is [2H]CC(=O)OC[C@H]1OC(n2cnc(C(=O)O)n2)[C@H](OC(=O)C[2H])[C@@H]1OC(=O)C[2H]. The highest BCUT2D eigenvalue weighted by molar-refractivity contribution is 5.82. The van der Waals surface area contributed by atoms with Crippen molar-refractivity contribution < 1.29 is 47.3 Å². The number of hydrogen-bond donors (Lipinski definition) is 1. The van der Waals surface area contributed by atoms with Crippen LogP contribution in [0, 0.1) is 0 Å². The molecule has 1 aromatic rings. The Morgan fingerprint density at radius 3 is 2.42 bits per heavy atom. The molecule has 12 heteroatoms. The molecule has 0 amide bonds. The number of ether oxygens (including phenoxy) is 4. The molecule has 2 heterocycles. The van der Waals surface area contributed by atoms with Crippen LogP contribution in [0.4, 0.5) is 0 Å². The third-order valence-corrected chi connectivity index (χ3v) is 3.19. The van der Waals surface area contributed by atoms with E-state index in [-0.39, 0.29) is 0 Å². The number of aromatic carboxylic acids is 1. The lowest BCUT2D eigenvalue weighted by Gasteiger charge is -2.23. The summed E-state index contributed by atoms with van der Waals surface area (Å²) >= 11 is 0. The van der Waals surface area contributed by atoms with E-state index in [1.807, 2.05) is 0 Å². The number of carboxylic acids is 1. The van der Waals surface area contributed by atoms with Gasteiger partial charge in [-0.1, -0.05) is 0 Å². The van der Waals surface area contributed by atoms with Gasteiger partial charge in [-0.25, -0.2) is 14.5 Å². The van der Waals surface area contributed by atoms with Crippen molar-refractivity contribution in [1.82, 2.24) is 14.8 Å². The molecule has 0 aliphatic carbocycles. The maximum absolute atomic E-state index is 11.7. The van der Waals surface area contributed by atoms with Crippen LogP contribution in [0.15, 0.2) is 6.33 Å². The van der Waals surface area contributed by atoms with E-state index in [4.69, 9.17) is 28.2 Å². The molecule has 1 aromatic heterocycles. The topological polar surface area (TPSA) is 156 Å². The molecule has 1 saturated heterocycles. The molecule has 26 heavy (non-hydrogen) atoms. The predicted molar refractivity (Wildman–Crippen MR) is 78.6 cm³/mol. The van der Waals surface area contributed by atoms with E-state index >= 15 is 0 Å². The van der Waals surface area contributed by atoms with Gasteiger partial charge in [-0.15, -0.1) is 5.10 Å². The molecule has 1 aliphatic heterocycles. The zero-order valence-electron chi connectivity index (χ0n) is 16.3. The van der Waals surface area contributed by atoms with Crippen LogP contribution < -0.4 is 0 Å². The Kier molecular flexibility index (Phi) is 4.64. The van der Waals surface area contributed by atoms with Gasteiger partial charge >= 0.3 is 23.9 Å². The summed E-state index contributed by atoms with van der Waals surface area (Å²) in [5, 5.41) is 12.6. The second kappa shape index (κ2) is 7.91. The van der Waals surface area contributed by atoms with Crippen LogP contribution in [0.25, 0.3) is 0 Å². The molecule has 12 nitrogen and oxygen atoms in total. The van der Waals surface area contributed by atoms with Crippen molar-refractivity contribution in [1.29, 1.82) is 0 Å². The summed E-state index contributed by atoms with van der Waals surface area (Å²) in [6.07, 6.45) is -4.28. The van der Waals surface area contributed by atoms with E-state index in [0.717, 1.165) is 11.0 Å². The third-order valence-electron chi connectivity index (χ3n) is 3.19. The average Bonchev–Trinajstić information content (AvgIpc) is 3.32. The van der Waals surface area contributed by atoms with Gasteiger partial charge in [-0.3, -0.25) is 14.4 Å². The highest BCUT2D eigenvalue weighted by Crippen LogP contribution is 2.33. The van der Waals surface area contributed by atoms with Crippen molar-refractivity contribution >= 4 is 23.9 Å². The number of carbonyl (C=O) groups excluding carboxylic acids is 3. The lowest BCUT2D eigenvalue weighted by Crippen LogP contribution is -2.40. The minimum absolute atomic E-state index is 0.487. The number of hydrogen-bond acceptors (Lipinski definition) is 10. The summed E-state index contributed by atoms with van der Waals surface area (Å²) in [5.41, 5.74) is 0. The molecule has 2 rings (SSSR count). The maximum atomic E-state index is 11.7. The second-order valence-electron chi connectivity index (χ2n) is 5.01. The van der Waals surface area contributed by atoms with Crippen LogP contribution in [0.2, 0.25) is 0 Å². The maximum Gasteiger partial charge on any atom is 0.375 e. The highest BCUT2D eigenvalue weighted by atomic mass is 16.7. The van der Waals surface area contributed by atoms with Crippen molar-refractivity contribution in [2.75, 3.05) is 6.61 Å². The molecule has 0 aromatic carbocycles. The molecule has 0 bridgehead atoms. The normalized spacial score (nSPS) is 26.2. The number of nitrogens with zero attached hydrogens (tertiary/aromatic N) is 3. The van der Waals surface area contributed by atoms with E-state index in [0.29, 0.717) is 0 Å². The number of carbonyl (C=O) groups is 4. The smallest absolute Gasteiger partial charge is 0.375 e. The van der Waals surface area contributed by atoms with Crippen LogP contribution >= 0.6 is 0 Å². The molecular formula is C14H17N3O9. The quantitative estimate of drug-likeness (QED) is 0.496. The first-order chi connectivity index (χ1) is 13.8. The number of esters is 3. The Labute approximate surface area is 151 Å². The predicted octanol–water partition coefficient (Wildman–Crippen LogP) is -0.700. The van der Waals surface area contributed by atoms with Crippen LogP contribution in [0.1, 0.15) is 41.7 Å². The zero-order chi connectivity index (χ0) is 21.6. The summed E-state index contributed by atoms with van der Waals surface area (Å²) < 4.78 is 42.7. The van der Waals surface area contributed by atoms with E-state index in [2.05, 4.69) is 10.1 Å². The fraction of sp³-hybridized carbons (Fsp3) is 0.571. The summed E-state index contributed by atoms with van der Waals surface area (Å²) in [6, 6.07) is 0. The van der Waals surface area contributed by atoms with Gasteiger partial charge in [-0.05, 0) is 0 Å². The molecule has 0 saturated carbocycles. The van der Waals surface area contributed by atoms with Gasteiger partial charge in [0.25, 0.3) is 5.82 Å². The largest absolute Gasteiger partial charge is 0.475 e. The fourth-order valence-electron chi connectivity index (χ4n) is 2.30. The van der Waals surface area contributed by atoms with Gasteiger partial charge in [0.05, 0.1) is 0 Å². The lowest BCUT2D eigenvalue weighted by atomic mass is 10.1. The first kappa shape index (κ1) is 15.3. The third kappa shape index (κ3) is 4.53. The van der Waals surface area contributed by atoms with Crippen molar-refractivity contribution in [2.24, 2.45) is 0 Å². The van der Waals surface area contributed by atoms with Gasteiger partial charge in [0, 0.05) is 24.8 Å². The first-order valence-corrected chi connectivity index (χ1v) is 7.02. The summed E-state index contributed by atoms with van der Waals surface area (Å²) in [4.78, 5) is 49.2. The Hall–Kier alpha value is -3.02. The number of aromatic nitrogens is 3. The van der Waals surface area contributed by atoms with E-state index in [9.17, 15) is 19.2 Å². The van der Waals surface area contributed by atoms with Crippen molar-refractivity contribution in [3.05, 3.63) is 12.2 Å².